The number of aryl methyl sites for hydroxylation is 1. The van der Waals surface area contributed by atoms with Crippen LogP contribution >= 0.6 is 15.9 Å². The van der Waals surface area contributed by atoms with Gasteiger partial charge < -0.3 is 15.7 Å². The quantitative estimate of drug-likeness (QED) is 0.776. The SMILES string of the molecule is Cc1cc(NC(=O)NC(CO)CC(C)C)ccc1Br. The topological polar surface area (TPSA) is 61.4 Å². The molecule has 106 valence electrons. The smallest absolute Gasteiger partial charge is 0.319 e. The van der Waals surface area contributed by atoms with Crippen molar-refractivity contribution in [3.8, 4) is 0 Å². The molecule has 19 heavy (non-hydrogen) atoms. The lowest BCUT2D eigenvalue weighted by Crippen LogP contribution is -2.40. The Balaban J connectivity index is 2.56. The van der Waals surface area contributed by atoms with Crippen molar-refractivity contribution in [2.24, 2.45) is 5.92 Å². The molecule has 0 spiro atoms. The highest BCUT2D eigenvalue weighted by Gasteiger charge is 2.13. The minimum Gasteiger partial charge on any atom is -0.394 e. The maximum absolute atomic E-state index is 11.8. The standard InChI is InChI=1S/C14H21BrN2O2/c1-9(2)6-12(8-18)17-14(19)16-11-4-5-13(15)10(3)7-11/h4-5,7,9,12,18H,6,8H2,1-3H3,(H2,16,17,19). The third-order valence-corrected chi connectivity index (χ3v) is 3.62. The first-order valence-corrected chi connectivity index (χ1v) is 7.16. The molecule has 0 saturated carbocycles. The fourth-order valence-electron chi connectivity index (χ4n) is 1.82. The van der Waals surface area contributed by atoms with Gasteiger partial charge in [-0.1, -0.05) is 29.8 Å². The summed E-state index contributed by atoms with van der Waals surface area (Å²) >= 11 is 3.41. The van der Waals surface area contributed by atoms with Crippen molar-refractivity contribution in [2.75, 3.05) is 11.9 Å². The number of halogens is 1. The van der Waals surface area contributed by atoms with Crippen LogP contribution in [0, 0.1) is 12.8 Å². The van der Waals surface area contributed by atoms with Gasteiger partial charge in [-0.3, -0.25) is 0 Å². The van der Waals surface area contributed by atoms with Crippen LogP contribution in [0.1, 0.15) is 25.8 Å². The summed E-state index contributed by atoms with van der Waals surface area (Å²) in [6.07, 6.45) is 0.753. The Labute approximate surface area is 122 Å². The van der Waals surface area contributed by atoms with Gasteiger partial charge in [-0.05, 0) is 43.0 Å². The number of aliphatic hydroxyl groups is 1. The number of amides is 2. The number of hydrogen-bond acceptors (Lipinski definition) is 2. The molecule has 0 aliphatic heterocycles. The van der Waals surface area contributed by atoms with Crippen molar-refractivity contribution in [2.45, 2.75) is 33.2 Å². The van der Waals surface area contributed by atoms with Crippen LogP contribution in [0.5, 0.6) is 0 Å². The van der Waals surface area contributed by atoms with Gasteiger partial charge in [0.15, 0.2) is 0 Å². The lowest BCUT2D eigenvalue weighted by molar-refractivity contribution is 0.214. The van der Waals surface area contributed by atoms with E-state index in [2.05, 4.69) is 40.4 Å². The first-order chi connectivity index (χ1) is 8.92. The van der Waals surface area contributed by atoms with E-state index in [0.717, 1.165) is 22.1 Å². The molecule has 0 radical (unpaired) electrons. The minimum atomic E-state index is -0.290. The lowest BCUT2D eigenvalue weighted by Gasteiger charge is -2.18. The van der Waals surface area contributed by atoms with Crippen LogP contribution < -0.4 is 10.6 Å². The number of urea groups is 1. The number of nitrogens with one attached hydrogen (secondary N) is 2. The molecular formula is C14H21BrN2O2. The van der Waals surface area contributed by atoms with Crippen molar-refractivity contribution in [3.63, 3.8) is 0 Å². The Morgan fingerprint density at radius 3 is 2.63 bits per heavy atom. The monoisotopic (exact) mass is 328 g/mol. The highest BCUT2D eigenvalue weighted by Crippen LogP contribution is 2.19. The maximum atomic E-state index is 11.8. The molecule has 0 bridgehead atoms. The van der Waals surface area contributed by atoms with E-state index in [9.17, 15) is 9.90 Å². The third kappa shape index (κ3) is 5.61. The zero-order chi connectivity index (χ0) is 14.4. The molecular weight excluding hydrogens is 308 g/mol. The maximum Gasteiger partial charge on any atom is 0.319 e. The number of carbonyl (C=O) groups is 1. The normalized spacial score (nSPS) is 12.3. The summed E-state index contributed by atoms with van der Waals surface area (Å²) in [7, 11) is 0. The Morgan fingerprint density at radius 1 is 1.42 bits per heavy atom. The summed E-state index contributed by atoms with van der Waals surface area (Å²) < 4.78 is 1.01. The summed E-state index contributed by atoms with van der Waals surface area (Å²) in [5.41, 5.74) is 1.79. The van der Waals surface area contributed by atoms with E-state index in [1.807, 2.05) is 25.1 Å². The van der Waals surface area contributed by atoms with E-state index in [-0.39, 0.29) is 18.7 Å². The number of anilines is 1. The number of carbonyl (C=O) groups excluding carboxylic acids is 1. The Bertz CT molecular complexity index is 435. The summed E-state index contributed by atoms with van der Waals surface area (Å²) in [5.74, 6) is 0.423. The van der Waals surface area contributed by atoms with Crippen LogP contribution in [0.15, 0.2) is 22.7 Å². The molecule has 0 saturated heterocycles. The van der Waals surface area contributed by atoms with Crippen LogP contribution in [0.4, 0.5) is 10.5 Å². The van der Waals surface area contributed by atoms with E-state index in [1.165, 1.54) is 0 Å². The molecule has 1 atom stereocenters. The van der Waals surface area contributed by atoms with Crippen LogP contribution in [0.2, 0.25) is 0 Å². The molecule has 1 aromatic rings. The highest BCUT2D eigenvalue weighted by molar-refractivity contribution is 9.10. The van der Waals surface area contributed by atoms with Crippen molar-refractivity contribution in [1.29, 1.82) is 0 Å². The van der Waals surface area contributed by atoms with Gasteiger partial charge in [0, 0.05) is 10.2 Å². The number of aliphatic hydroxyl groups excluding tert-OH is 1. The van der Waals surface area contributed by atoms with Gasteiger partial charge in [-0.15, -0.1) is 0 Å². The molecule has 4 nitrogen and oxygen atoms in total. The van der Waals surface area contributed by atoms with Crippen molar-refractivity contribution in [3.05, 3.63) is 28.2 Å². The second kappa shape index (κ2) is 7.50. The van der Waals surface area contributed by atoms with Gasteiger partial charge in [0.2, 0.25) is 0 Å². The Morgan fingerprint density at radius 2 is 2.11 bits per heavy atom. The molecule has 0 heterocycles. The summed E-state index contributed by atoms with van der Waals surface area (Å²) in [5, 5.41) is 14.8. The third-order valence-electron chi connectivity index (χ3n) is 2.73. The molecule has 0 aromatic heterocycles. The molecule has 2 amide bonds. The summed E-state index contributed by atoms with van der Waals surface area (Å²) in [6, 6.07) is 5.10. The fraction of sp³-hybridized carbons (Fsp3) is 0.500. The molecule has 1 unspecified atom stereocenters. The Hall–Kier alpha value is -1.07. The molecule has 5 heteroatoms. The number of rotatable bonds is 5. The van der Waals surface area contributed by atoms with Gasteiger partial charge in [0.05, 0.1) is 12.6 Å². The second-order valence-corrected chi connectivity index (χ2v) is 5.93. The van der Waals surface area contributed by atoms with Crippen molar-refractivity contribution >= 4 is 27.6 Å². The zero-order valence-corrected chi connectivity index (χ0v) is 13.1. The molecule has 1 rings (SSSR count). The predicted octanol–water partition coefficient (Wildman–Crippen LogP) is 3.29. The Kier molecular flexibility index (Phi) is 6.31. The van der Waals surface area contributed by atoms with Gasteiger partial charge in [-0.2, -0.15) is 0 Å². The van der Waals surface area contributed by atoms with E-state index in [1.54, 1.807) is 0 Å². The average Bonchev–Trinajstić information content (AvgIpc) is 2.32. The van der Waals surface area contributed by atoms with Crippen LogP contribution in [0.25, 0.3) is 0 Å². The van der Waals surface area contributed by atoms with E-state index in [4.69, 9.17) is 0 Å². The van der Waals surface area contributed by atoms with E-state index < -0.39 is 0 Å². The second-order valence-electron chi connectivity index (χ2n) is 5.07. The van der Waals surface area contributed by atoms with Gasteiger partial charge in [-0.25, -0.2) is 4.79 Å². The zero-order valence-electron chi connectivity index (χ0n) is 11.5. The van der Waals surface area contributed by atoms with E-state index in [0.29, 0.717) is 5.92 Å². The molecule has 0 aliphatic rings. The minimum absolute atomic E-state index is 0.0506. The van der Waals surface area contributed by atoms with Gasteiger partial charge in [0.25, 0.3) is 0 Å². The molecule has 1 aromatic carbocycles. The van der Waals surface area contributed by atoms with Crippen LogP contribution in [-0.2, 0) is 0 Å². The van der Waals surface area contributed by atoms with Crippen molar-refractivity contribution in [1.82, 2.24) is 5.32 Å². The van der Waals surface area contributed by atoms with E-state index >= 15 is 0 Å². The highest BCUT2D eigenvalue weighted by atomic mass is 79.9. The number of hydrogen-bond donors (Lipinski definition) is 3. The average molecular weight is 329 g/mol. The summed E-state index contributed by atoms with van der Waals surface area (Å²) in [6.45, 7) is 6.02. The fourth-order valence-corrected chi connectivity index (χ4v) is 2.07. The molecule has 0 fully saturated rings. The number of benzene rings is 1. The first-order valence-electron chi connectivity index (χ1n) is 6.37. The predicted molar refractivity (Wildman–Crippen MR) is 81.4 cm³/mol. The first kappa shape index (κ1) is 16.0. The van der Waals surface area contributed by atoms with Crippen LogP contribution in [0.3, 0.4) is 0 Å². The van der Waals surface area contributed by atoms with Crippen LogP contribution in [-0.4, -0.2) is 23.8 Å². The molecule has 0 aliphatic carbocycles. The lowest BCUT2D eigenvalue weighted by atomic mass is 10.0. The van der Waals surface area contributed by atoms with Crippen molar-refractivity contribution < 1.29 is 9.90 Å². The summed E-state index contributed by atoms with van der Waals surface area (Å²) in [4.78, 5) is 11.8. The van der Waals surface area contributed by atoms with Gasteiger partial charge in [0.1, 0.15) is 0 Å². The van der Waals surface area contributed by atoms with Gasteiger partial charge >= 0.3 is 6.03 Å². The largest absolute Gasteiger partial charge is 0.394 e. The molecule has 3 N–H and O–H groups in total.